The van der Waals surface area contributed by atoms with Crippen LogP contribution < -0.4 is 10.2 Å². The molecule has 1 aromatic heterocycles. The first-order valence-corrected chi connectivity index (χ1v) is 13.0. The molecule has 0 spiro atoms. The Morgan fingerprint density at radius 3 is 2.14 bits per heavy atom. The van der Waals surface area contributed by atoms with Gasteiger partial charge in [-0.05, 0) is 31.2 Å². The zero-order chi connectivity index (χ0) is 31.3. The molecule has 3 aromatic rings. The van der Waals surface area contributed by atoms with Gasteiger partial charge < -0.3 is 74.4 Å². The van der Waals surface area contributed by atoms with E-state index in [1.807, 2.05) is 0 Å². The fourth-order valence-corrected chi connectivity index (χ4v) is 4.92. The maximum absolute atomic E-state index is 12.9. The topological polar surface area (TPSA) is 269 Å². The lowest BCUT2D eigenvalue weighted by Gasteiger charge is -2.45. The molecule has 0 amide bonds. The number of phenolic OH excluding ortho intramolecular Hbond substituents is 3. The number of aliphatic hydroxyl groups excluding tert-OH is 6. The first kappa shape index (κ1) is 30.7. The molecule has 234 valence electrons. The maximum atomic E-state index is 12.9. The van der Waals surface area contributed by atoms with Gasteiger partial charge in [-0.15, -0.1) is 0 Å². The minimum absolute atomic E-state index is 0.109. The molecule has 10 atom stereocenters. The summed E-state index contributed by atoms with van der Waals surface area (Å²) >= 11 is 0. The summed E-state index contributed by atoms with van der Waals surface area (Å²) < 4.78 is 27.5. The number of aromatic hydroxyl groups is 4. The van der Waals surface area contributed by atoms with Crippen LogP contribution in [-0.2, 0) is 14.2 Å². The van der Waals surface area contributed by atoms with Crippen molar-refractivity contribution < 1.29 is 74.4 Å². The second-order valence-electron chi connectivity index (χ2n) is 10.2. The van der Waals surface area contributed by atoms with Gasteiger partial charge in [0.25, 0.3) is 0 Å². The van der Waals surface area contributed by atoms with Crippen molar-refractivity contribution in [1.82, 2.24) is 0 Å². The van der Waals surface area contributed by atoms with E-state index in [0.29, 0.717) is 0 Å². The lowest BCUT2D eigenvalue weighted by Crippen LogP contribution is -2.64. The fraction of sp³-hybridized carbons (Fsp3) is 0.444. The van der Waals surface area contributed by atoms with Gasteiger partial charge in [-0.2, -0.15) is 0 Å². The molecule has 10 N–H and O–H groups in total. The Morgan fingerprint density at radius 2 is 1.49 bits per heavy atom. The van der Waals surface area contributed by atoms with Gasteiger partial charge in [0, 0.05) is 11.6 Å². The Bertz CT molecular complexity index is 1520. The number of fused-ring (bicyclic) bond motifs is 1. The van der Waals surface area contributed by atoms with Gasteiger partial charge in [-0.1, -0.05) is 0 Å². The van der Waals surface area contributed by atoms with Gasteiger partial charge in [-0.3, -0.25) is 4.79 Å². The summed E-state index contributed by atoms with van der Waals surface area (Å²) in [6.07, 6.45) is -16.3. The van der Waals surface area contributed by atoms with E-state index in [4.69, 9.17) is 23.4 Å². The number of phenols is 3. The van der Waals surface area contributed by atoms with Gasteiger partial charge in [0.15, 0.2) is 23.4 Å². The van der Waals surface area contributed by atoms with Crippen molar-refractivity contribution in [3.05, 3.63) is 40.6 Å². The molecule has 2 saturated heterocycles. The van der Waals surface area contributed by atoms with Crippen LogP contribution >= 0.6 is 0 Å². The monoisotopic (exact) mass is 610 g/mol. The average molecular weight is 611 g/mol. The van der Waals surface area contributed by atoms with Gasteiger partial charge in [0.1, 0.15) is 59.6 Å². The standard InChI is InChI=1S/C27H30O16/c1-8-15(31)25(43-26-21(37)19(35)16(32)13(7-28)41-26)22(38)27(39-8)40-12-6-11(30)14-18(34)20(36)23(42-24(14)17(12)33)9-2-4-10(29)5-3-9/h2-6,8,13,15-16,19,21-22,25-33,35-38H,7H2,1H3/t8-,13+,15-,16+,19-,21+,22+,25+,26-,27-/m1/s1. The van der Waals surface area contributed by atoms with E-state index in [1.165, 1.54) is 31.2 Å². The molecule has 2 aliphatic rings. The molecule has 3 heterocycles. The first-order chi connectivity index (χ1) is 20.3. The van der Waals surface area contributed by atoms with E-state index in [2.05, 4.69) is 0 Å². The third-order valence-electron chi connectivity index (χ3n) is 7.35. The van der Waals surface area contributed by atoms with Crippen molar-refractivity contribution >= 4 is 11.0 Å². The summed E-state index contributed by atoms with van der Waals surface area (Å²) in [5.74, 6) is -3.58. The van der Waals surface area contributed by atoms with Crippen LogP contribution in [0.15, 0.2) is 39.5 Å². The molecule has 43 heavy (non-hydrogen) atoms. The predicted molar refractivity (Wildman–Crippen MR) is 140 cm³/mol. The molecule has 16 heteroatoms. The minimum atomic E-state index is -1.88. The van der Waals surface area contributed by atoms with Crippen molar-refractivity contribution in [2.75, 3.05) is 6.61 Å². The highest BCUT2D eigenvalue weighted by molar-refractivity contribution is 5.93. The Kier molecular flexibility index (Phi) is 8.41. The van der Waals surface area contributed by atoms with Crippen LogP contribution in [0.4, 0.5) is 0 Å². The molecule has 0 unspecified atom stereocenters. The molecule has 5 rings (SSSR count). The number of hydrogen-bond acceptors (Lipinski definition) is 16. The zero-order valence-corrected chi connectivity index (χ0v) is 22.3. The number of rotatable bonds is 6. The van der Waals surface area contributed by atoms with Crippen LogP contribution in [0, 0.1) is 0 Å². The van der Waals surface area contributed by atoms with Crippen molar-refractivity contribution in [2.24, 2.45) is 0 Å². The van der Waals surface area contributed by atoms with Crippen LogP contribution in [0.3, 0.4) is 0 Å². The van der Waals surface area contributed by atoms with Gasteiger partial charge in [0.2, 0.25) is 23.2 Å². The van der Waals surface area contributed by atoms with Gasteiger partial charge in [-0.25, -0.2) is 0 Å². The quantitative estimate of drug-likeness (QED) is 0.140. The van der Waals surface area contributed by atoms with Gasteiger partial charge >= 0.3 is 0 Å². The van der Waals surface area contributed by atoms with Crippen molar-refractivity contribution in [1.29, 1.82) is 0 Å². The second kappa shape index (κ2) is 11.8. The van der Waals surface area contributed by atoms with E-state index < -0.39 is 113 Å². The maximum Gasteiger partial charge on any atom is 0.238 e. The summed E-state index contributed by atoms with van der Waals surface area (Å²) in [7, 11) is 0. The zero-order valence-electron chi connectivity index (χ0n) is 22.3. The highest BCUT2D eigenvalue weighted by atomic mass is 16.7. The number of hydrogen-bond donors (Lipinski definition) is 10. The molecule has 2 aliphatic heterocycles. The van der Waals surface area contributed by atoms with E-state index in [0.717, 1.165) is 6.07 Å². The second-order valence-corrected chi connectivity index (χ2v) is 10.2. The SMILES string of the molecule is C[C@H]1O[C@H](Oc2cc(O)c3c(=O)c(O)c(-c4ccc(O)cc4)oc3c2O)[C@@H](O)[C@@H](O[C@H]2O[C@@H](CO)[C@H](O)[C@@H](O)[C@@H]2O)[C@@H]1O. The van der Waals surface area contributed by atoms with E-state index in [9.17, 15) is 55.9 Å². The average Bonchev–Trinajstić information content (AvgIpc) is 2.98. The molecule has 0 bridgehead atoms. The van der Waals surface area contributed by atoms with Crippen LogP contribution in [0.1, 0.15) is 6.92 Å². The summed E-state index contributed by atoms with van der Waals surface area (Å²) in [6, 6.07) is 5.97. The molecule has 16 nitrogen and oxygen atoms in total. The van der Waals surface area contributed by atoms with Crippen molar-refractivity contribution in [3.63, 3.8) is 0 Å². The lowest BCUT2D eigenvalue weighted by molar-refractivity contribution is -0.350. The minimum Gasteiger partial charge on any atom is -0.508 e. The van der Waals surface area contributed by atoms with Crippen molar-refractivity contribution in [2.45, 2.75) is 68.3 Å². The van der Waals surface area contributed by atoms with E-state index >= 15 is 0 Å². The summed E-state index contributed by atoms with van der Waals surface area (Å²) in [5.41, 5.74) is -1.56. The highest BCUT2D eigenvalue weighted by Crippen LogP contribution is 2.43. The Balaban J connectivity index is 1.46. The third kappa shape index (κ3) is 5.44. The number of benzene rings is 2. The largest absolute Gasteiger partial charge is 0.508 e. The molecule has 0 radical (unpaired) electrons. The Labute approximate surface area is 241 Å². The van der Waals surface area contributed by atoms with E-state index in [-0.39, 0.29) is 11.3 Å². The summed E-state index contributed by atoms with van der Waals surface area (Å²) in [6.45, 7) is 0.624. The van der Waals surface area contributed by atoms with Crippen LogP contribution in [0.25, 0.3) is 22.3 Å². The molecule has 0 aliphatic carbocycles. The summed E-state index contributed by atoms with van der Waals surface area (Å²) in [4.78, 5) is 12.9. The normalized spacial score (nSPS) is 33.0. The van der Waals surface area contributed by atoms with Crippen LogP contribution in [-0.4, -0.2) is 119 Å². The third-order valence-corrected chi connectivity index (χ3v) is 7.35. The lowest BCUT2D eigenvalue weighted by atomic mass is 9.97. The summed E-state index contributed by atoms with van der Waals surface area (Å²) in [5, 5.41) is 102. The van der Waals surface area contributed by atoms with Crippen LogP contribution in [0.5, 0.6) is 28.7 Å². The van der Waals surface area contributed by atoms with Crippen LogP contribution in [0.2, 0.25) is 0 Å². The fourth-order valence-electron chi connectivity index (χ4n) is 4.92. The predicted octanol–water partition coefficient (Wildman–Crippen LogP) is -1.69. The highest BCUT2D eigenvalue weighted by Gasteiger charge is 2.50. The first-order valence-electron chi connectivity index (χ1n) is 13.0. The van der Waals surface area contributed by atoms with E-state index in [1.54, 1.807) is 0 Å². The molecule has 2 aromatic carbocycles. The smallest absolute Gasteiger partial charge is 0.238 e. The Hall–Kier alpha value is -3.71. The van der Waals surface area contributed by atoms with Gasteiger partial charge in [0.05, 0.1) is 12.7 Å². The molecule has 2 fully saturated rings. The molecular weight excluding hydrogens is 580 g/mol. The molecular formula is C27H30O16. The number of ether oxygens (including phenoxy) is 4. The Morgan fingerprint density at radius 1 is 0.814 bits per heavy atom. The van der Waals surface area contributed by atoms with Crippen molar-refractivity contribution in [3.8, 4) is 40.1 Å². The number of aliphatic hydroxyl groups is 6. The molecule has 0 saturated carbocycles.